The molecule has 6 heteroatoms. The van der Waals surface area contributed by atoms with Gasteiger partial charge in [0.15, 0.2) is 0 Å². The third kappa shape index (κ3) is 3.52. The second kappa shape index (κ2) is 7.60. The molecule has 2 aliphatic rings. The normalized spacial score (nSPS) is 18.3. The Hall–Kier alpha value is -1.17. The number of rotatable bonds is 5. The van der Waals surface area contributed by atoms with Gasteiger partial charge in [0.25, 0.3) is 0 Å². The molecular formula is C17H24ClFN2O2. The Morgan fingerprint density at radius 1 is 1.43 bits per heavy atom. The zero-order valence-corrected chi connectivity index (χ0v) is 14.2. The van der Waals surface area contributed by atoms with Gasteiger partial charge >= 0.3 is 0 Å². The van der Waals surface area contributed by atoms with Crippen molar-refractivity contribution in [2.24, 2.45) is 5.41 Å². The summed E-state index contributed by atoms with van der Waals surface area (Å²) >= 11 is 0. The number of halogens is 2. The quantitative estimate of drug-likeness (QED) is 0.864. The summed E-state index contributed by atoms with van der Waals surface area (Å²) in [5.41, 5.74) is 1.66. The molecule has 1 aliphatic heterocycles. The predicted molar refractivity (Wildman–Crippen MR) is 90.5 cm³/mol. The SMILES string of the molecule is COCCC1(C(=O)Nc2ccc3c(c2F)CCNC3)CCC1.Cl. The number of carbonyl (C=O) groups is 1. The van der Waals surface area contributed by atoms with Crippen LogP contribution in [-0.2, 0) is 22.5 Å². The van der Waals surface area contributed by atoms with E-state index in [1.165, 1.54) is 0 Å². The average Bonchev–Trinajstić information content (AvgIpc) is 2.49. The minimum Gasteiger partial charge on any atom is -0.385 e. The standard InChI is InChI=1S/C17H23FN2O2.ClH/c1-22-10-8-17(6-2-7-17)16(21)20-14-4-3-12-11-19-9-5-13(12)15(14)18;/h3-4,19H,2,5-11H2,1H3,(H,20,21);1H. The molecule has 0 saturated heterocycles. The van der Waals surface area contributed by atoms with E-state index in [1.54, 1.807) is 13.2 Å². The van der Waals surface area contributed by atoms with Gasteiger partial charge in [-0.1, -0.05) is 12.5 Å². The molecule has 0 unspecified atom stereocenters. The van der Waals surface area contributed by atoms with Gasteiger partial charge in [-0.2, -0.15) is 0 Å². The summed E-state index contributed by atoms with van der Waals surface area (Å²) < 4.78 is 19.7. The third-order valence-corrected chi connectivity index (χ3v) is 5.03. The van der Waals surface area contributed by atoms with Gasteiger partial charge in [-0.3, -0.25) is 4.79 Å². The molecule has 3 rings (SSSR count). The summed E-state index contributed by atoms with van der Waals surface area (Å²) in [6.45, 7) is 2.03. The Labute approximate surface area is 142 Å². The maximum absolute atomic E-state index is 14.6. The Balaban J connectivity index is 0.00000192. The van der Waals surface area contributed by atoms with Crippen molar-refractivity contribution in [3.63, 3.8) is 0 Å². The van der Waals surface area contributed by atoms with Crippen molar-refractivity contribution in [2.45, 2.75) is 38.6 Å². The highest BCUT2D eigenvalue weighted by Crippen LogP contribution is 2.45. The Morgan fingerprint density at radius 2 is 2.22 bits per heavy atom. The van der Waals surface area contributed by atoms with Crippen LogP contribution in [0, 0.1) is 11.2 Å². The lowest BCUT2D eigenvalue weighted by Crippen LogP contribution is -2.43. The first-order valence-electron chi connectivity index (χ1n) is 7.98. The lowest BCUT2D eigenvalue weighted by molar-refractivity contribution is -0.131. The summed E-state index contributed by atoms with van der Waals surface area (Å²) in [6, 6.07) is 3.59. The molecule has 1 heterocycles. The van der Waals surface area contributed by atoms with E-state index in [0.717, 1.165) is 36.9 Å². The molecule has 128 valence electrons. The van der Waals surface area contributed by atoms with E-state index in [0.29, 0.717) is 31.7 Å². The second-order valence-electron chi connectivity index (χ2n) is 6.32. The zero-order chi connectivity index (χ0) is 15.6. The number of nitrogens with one attached hydrogen (secondary N) is 2. The topological polar surface area (TPSA) is 50.4 Å². The molecule has 23 heavy (non-hydrogen) atoms. The van der Waals surface area contributed by atoms with Gasteiger partial charge in [0, 0.05) is 20.3 Å². The van der Waals surface area contributed by atoms with E-state index in [-0.39, 0.29) is 29.5 Å². The molecule has 0 spiro atoms. The van der Waals surface area contributed by atoms with E-state index in [1.807, 2.05) is 6.07 Å². The third-order valence-electron chi connectivity index (χ3n) is 5.03. The van der Waals surface area contributed by atoms with Crippen LogP contribution in [-0.4, -0.2) is 26.2 Å². The maximum Gasteiger partial charge on any atom is 0.230 e. The molecule has 0 atom stereocenters. The van der Waals surface area contributed by atoms with Gasteiger partial charge in [-0.05, 0) is 49.4 Å². The van der Waals surface area contributed by atoms with E-state index in [4.69, 9.17) is 4.74 Å². The van der Waals surface area contributed by atoms with Crippen LogP contribution in [0.2, 0.25) is 0 Å². The van der Waals surface area contributed by atoms with E-state index >= 15 is 0 Å². The minimum atomic E-state index is -0.375. The van der Waals surface area contributed by atoms with Crippen molar-refractivity contribution < 1.29 is 13.9 Å². The Kier molecular flexibility index (Phi) is 6.00. The van der Waals surface area contributed by atoms with Crippen LogP contribution in [0.15, 0.2) is 12.1 Å². The number of hydrogen-bond donors (Lipinski definition) is 2. The highest BCUT2D eigenvalue weighted by molar-refractivity contribution is 5.96. The van der Waals surface area contributed by atoms with Gasteiger partial charge in [0.1, 0.15) is 5.82 Å². The molecule has 1 aromatic rings. The molecule has 2 N–H and O–H groups in total. The summed E-state index contributed by atoms with van der Waals surface area (Å²) in [6.07, 6.45) is 4.14. The van der Waals surface area contributed by atoms with Gasteiger partial charge in [-0.25, -0.2) is 4.39 Å². The minimum absolute atomic E-state index is 0. The van der Waals surface area contributed by atoms with E-state index in [2.05, 4.69) is 10.6 Å². The second-order valence-corrected chi connectivity index (χ2v) is 6.32. The molecule has 1 aliphatic carbocycles. The number of anilines is 1. The van der Waals surface area contributed by atoms with Crippen molar-refractivity contribution in [1.82, 2.24) is 5.32 Å². The summed E-state index contributed by atoms with van der Waals surface area (Å²) in [4.78, 5) is 12.6. The maximum atomic E-state index is 14.6. The fraction of sp³-hybridized carbons (Fsp3) is 0.588. The molecule has 1 fully saturated rings. The number of amides is 1. The van der Waals surface area contributed by atoms with E-state index < -0.39 is 0 Å². The Bertz CT molecular complexity index is 576. The summed E-state index contributed by atoms with van der Waals surface area (Å²) in [5, 5.41) is 6.05. The van der Waals surface area contributed by atoms with Gasteiger partial charge in [-0.15, -0.1) is 12.4 Å². The lowest BCUT2D eigenvalue weighted by Gasteiger charge is -2.40. The first-order valence-corrected chi connectivity index (χ1v) is 7.98. The average molecular weight is 343 g/mol. The largest absolute Gasteiger partial charge is 0.385 e. The van der Waals surface area contributed by atoms with Gasteiger partial charge < -0.3 is 15.4 Å². The van der Waals surface area contributed by atoms with Crippen LogP contribution < -0.4 is 10.6 Å². The lowest BCUT2D eigenvalue weighted by atomic mass is 9.66. The highest BCUT2D eigenvalue weighted by atomic mass is 35.5. The van der Waals surface area contributed by atoms with Crippen LogP contribution in [0.25, 0.3) is 0 Å². The number of methoxy groups -OCH3 is 1. The highest BCUT2D eigenvalue weighted by Gasteiger charge is 2.43. The smallest absolute Gasteiger partial charge is 0.230 e. The van der Waals surface area contributed by atoms with E-state index in [9.17, 15) is 9.18 Å². The van der Waals surface area contributed by atoms with Crippen molar-refractivity contribution >= 4 is 24.0 Å². The van der Waals surface area contributed by atoms with Crippen LogP contribution >= 0.6 is 12.4 Å². The molecule has 1 aromatic carbocycles. The predicted octanol–water partition coefficient (Wildman–Crippen LogP) is 3.04. The number of hydrogen-bond acceptors (Lipinski definition) is 3. The molecule has 0 radical (unpaired) electrons. The van der Waals surface area contributed by atoms with Gasteiger partial charge in [0.05, 0.1) is 11.1 Å². The monoisotopic (exact) mass is 342 g/mol. The molecule has 0 aromatic heterocycles. The molecule has 1 saturated carbocycles. The van der Waals surface area contributed by atoms with Crippen LogP contribution in [0.4, 0.5) is 10.1 Å². The van der Waals surface area contributed by atoms with Crippen LogP contribution in [0.5, 0.6) is 0 Å². The van der Waals surface area contributed by atoms with Gasteiger partial charge in [0.2, 0.25) is 5.91 Å². The van der Waals surface area contributed by atoms with Crippen LogP contribution in [0.3, 0.4) is 0 Å². The fourth-order valence-electron chi connectivity index (χ4n) is 3.38. The number of fused-ring (bicyclic) bond motifs is 1. The number of ether oxygens (including phenoxy) is 1. The zero-order valence-electron chi connectivity index (χ0n) is 13.4. The van der Waals surface area contributed by atoms with Crippen molar-refractivity contribution in [3.8, 4) is 0 Å². The van der Waals surface area contributed by atoms with Crippen molar-refractivity contribution in [1.29, 1.82) is 0 Å². The van der Waals surface area contributed by atoms with Crippen molar-refractivity contribution in [3.05, 3.63) is 29.1 Å². The summed E-state index contributed by atoms with van der Waals surface area (Å²) in [5.74, 6) is -0.336. The number of benzene rings is 1. The summed E-state index contributed by atoms with van der Waals surface area (Å²) in [7, 11) is 1.64. The number of carbonyl (C=O) groups excluding carboxylic acids is 1. The Morgan fingerprint density at radius 3 is 2.87 bits per heavy atom. The molecular weight excluding hydrogens is 319 g/mol. The fourth-order valence-corrected chi connectivity index (χ4v) is 3.38. The van der Waals surface area contributed by atoms with Crippen molar-refractivity contribution in [2.75, 3.05) is 25.6 Å². The molecule has 1 amide bonds. The molecule has 0 bridgehead atoms. The first-order chi connectivity index (χ1) is 10.7. The van der Waals surface area contributed by atoms with Crippen LogP contribution in [0.1, 0.15) is 36.8 Å². The molecule has 4 nitrogen and oxygen atoms in total. The first kappa shape index (κ1) is 18.2.